The van der Waals surface area contributed by atoms with Gasteiger partial charge in [0, 0.05) is 42.7 Å². The van der Waals surface area contributed by atoms with Gasteiger partial charge in [-0.3, -0.25) is 0 Å². The second kappa shape index (κ2) is 3.38. The van der Waals surface area contributed by atoms with Gasteiger partial charge in [-0.15, -0.1) is 0 Å². The normalized spacial score (nSPS) is 15.5. The molecule has 1 N–H and O–H groups in total. The van der Waals surface area contributed by atoms with Crippen molar-refractivity contribution in [2.75, 3.05) is 6.54 Å². The first-order valence-corrected chi connectivity index (χ1v) is 5.71. The van der Waals surface area contributed by atoms with Gasteiger partial charge in [-0.1, -0.05) is 18.2 Å². The van der Waals surface area contributed by atoms with Crippen molar-refractivity contribution in [1.29, 1.82) is 0 Å². The molecule has 0 aliphatic carbocycles. The first-order valence-electron chi connectivity index (χ1n) is 5.71. The molecule has 0 radical (unpaired) electrons. The maximum Gasteiger partial charge on any atom is 0.0485 e. The van der Waals surface area contributed by atoms with E-state index < -0.39 is 0 Å². The number of fused-ring (bicyclic) bond motifs is 3. The summed E-state index contributed by atoms with van der Waals surface area (Å²) in [5.74, 6) is 0. The Bertz CT molecular complexity index is 463. The van der Waals surface area contributed by atoms with Gasteiger partial charge >= 0.3 is 0 Å². The van der Waals surface area contributed by atoms with Crippen molar-refractivity contribution in [1.82, 2.24) is 9.88 Å². The third kappa shape index (κ3) is 1.21. The Hall–Kier alpha value is -1.28. The molecule has 0 bridgehead atoms. The number of para-hydroxylation sites is 1. The van der Waals surface area contributed by atoms with Crippen LogP contribution in [-0.4, -0.2) is 11.1 Å². The lowest BCUT2D eigenvalue weighted by Crippen LogP contribution is -2.24. The fourth-order valence-electron chi connectivity index (χ4n) is 2.69. The summed E-state index contributed by atoms with van der Waals surface area (Å²) in [6, 6.07) is 8.75. The smallest absolute Gasteiger partial charge is 0.0485 e. The lowest BCUT2D eigenvalue weighted by Gasteiger charge is -2.15. The van der Waals surface area contributed by atoms with Crippen LogP contribution in [0.1, 0.15) is 18.2 Å². The summed E-state index contributed by atoms with van der Waals surface area (Å²) in [7, 11) is 0. The SMILES string of the molecule is CCn1c2c(c3ccccc31)CNCC2. The molecule has 0 amide bonds. The Morgan fingerprint density at radius 2 is 2.20 bits per heavy atom. The monoisotopic (exact) mass is 200 g/mol. The highest BCUT2D eigenvalue weighted by Gasteiger charge is 2.17. The molecular formula is C13H16N2. The van der Waals surface area contributed by atoms with E-state index in [0.29, 0.717) is 0 Å². The average molecular weight is 200 g/mol. The lowest BCUT2D eigenvalue weighted by atomic mass is 10.1. The molecule has 0 unspecified atom stereocenters. The van der Waals surface area contributed by atoms with Crippen LogP contribution in [0.4, 0.5) is 0 Å². The van der Waals surface area contributed by atoms with Gasteiger partial charge in [0.1, 0.15) is 0 Å². The van der Waals surface area contributed by atoms with Crippen molar-refractivity contribution in [3.8, 4) is 0 Å². The van der Waals surface area contributed by atoms with Crippen LogP contribution in [-0.2, 0) is 19.5 Å². The van der Waals surface area contributed by atoms with E-state index in [1.165, 1.54) is 22.2 Å². The lowest BCUT2D eigenvalue weighted by molar-refractivity contribution is 0.606. The van der Waals surface area contributed by atoms with Gasteiger partial charge in [0.15, 0.2) is 0 Å². The topological polar surface area (TPSA) is 17.0 Å². The summed E-state index contributed by atoms with van der Waals surface area (Å²) in [6.07, 6.45) is 1.16. The van der Waals surface area contributed by atoms with Gasteiger partial charge in [0.05, 0.1) is 0 Å². The van der Waals surface area contributed by atoms with E-state index in [9.17, 15) is 0 Å². The fourth-order valence-corrected chi connectivity index (χ4v) is 2.69. The summed E-state index contributed by atoms with van der Waals surface area (Å²) in [6.45, 7) is 5.46. The molecule has 78 valence electrons. The molecule has 0 spiro atoms. The average Bonchev–Trinajstić information content (AvgIpc) is 2.63. The van der Waals surface area contributed by atoms with Crippen LogP contribution in [0.5, 0.6) is 0 Å². The number of aromatic nitrogens is 1. The Balaban J connectivity index is 2.37. The second-order valence-electron chi connectivity index (χ2n) is 4.11. The highest BCUT2D eigenvalue weighted by Crippen LogP contribution is 2.28. The van der Waals surface area contributed by atoms with Gasteiger partial charge in [-0.05, 0) is 18.6 Å². The quantitative estimate of drug-likeness (QED) is 0.747. The van der Waals surface area contributed by atoms with Gasteiger partial charge in [-0.25, -0.2) is 0 Å². The van der Waals surface area contributed by atoms with Crippen molar-refractivity contribution in [3.63, 3.8) is 0 Å². The van der Waals surface area contributed by atoms with Crippen LogP contribution < -0.4 is 5.32 Å². The number of hydrogen-bond acceptors (Lipinski definition) is 1. The zero-order valence-electron chi connectivity index (χ0n) is 9.09. The zero-order chi connectivity index (χ0) is 10.3. The van der Waals surface area contributed by atoms with E-state index in [2.05, 4.69) is 41.1 Å². The summed E-state index contributed by atoms with van der Waals surface area (Å²) < 4.78 is 2.46. The predicted octanol–water partition coefficient (Wildman–Crippen LogP) is 2.31. The Labute approximate surface area is 89.9 Å². The number of aryl methyl sites for hydroxylation is 1. The van der Waals surface area contributed by atoms with Crippen LogP contribution in [0, 0.1) is 0 Å². The number of rotatable bonds is 1. The zero-order valence-corrected chi connectivity index (χ0v) is 9.09. The number of nitrogens with zero attached hydrogens (tertiary/aromatic N) is 1. The number of hydrogen-bond donors (Lipinski definition) is 1. The largest absolute Gasteiger partial charge is 0.344 e. The third-order valence-corrected chi connectivity index (χ3v) is 3.35. The highest BCUT2D eigenvalue weighted by atomic mass is 15.0. The van der Waals surface area contributed by atoms with E-state index in [-0.39, 0.29) is 0 Å². The van der Waals surface area contributed by atoms with Gasteiger partial charge in [0.25, 0.3) is 0 Å². The second-order valence-corrected chi connectivity index (χ2v) is 4.11. The minimum atomic E-state index is 1.03. The van der Waals surface area contributed by atoms with Crippen molar-refractivity contribution in [2.45, 2.75) is 26.4 Å². The molecule has 0 saturated heterocycles. The molecule has 1 aromatic carbocycles. The molecule has 2 nitrogen and oxygen atoms in total. The van der Waals surface area contributed by atoms with Crippen LogP contribution in [0.15, 0.2) is 24.3 Å². The molecular weight excluding hydrogens is 184 g/mol. The minimum absolute atomic E-state index is 1.03. The van der Waals surface area contributed by atoms with Crippen molar-refractivity contribution in [3.05, 3.63) is 35.5 Å². The Kier molecular flexibility index (Phi) is 2.03. The Morgan fingerprint density at radius 3 is 3.07 bits per heavy atom. The van der Waals surface area contributed by atoms with Crippen LogP contribution in [0.2, 0.25) is 0 Å². The van der Waals surface area contributed by atoms with E-state index in [0.717, 1.165) is 26.1 Å². The summed E-state index contributed by atoms with van der Waals surface area (Å²) in [4.78, 5) is 0. The highest BCUT2D eigenvalue weighted by molar-refractivity contribution is 5.85. The standard InChI is InChI=1S/C13H16N2/c1-2-15-12-6-4-3-5-10(12)11-9-14-8-7-13(11)15/h3-6,14H,2,7-9H2,1H3. The van der Waals surface area contributed by atoms with E-state index in [1.807, 2.05) is 0 Å². The third-order valence-electron chi connectivity index (χ3n) is 3.35. The summed E-state index contributed by atoms with van der Waals surface area (Å²) in [5, 5.41) is 4.89. The van der Waals surface area contributed by atoms with Crippen molar-refractivity contribution < 1.29 is 0 Å². The fraction of sp³-hybridized carbons (Fsp3) is 0.385. The van der Waals surface area contributed by atoms with Crippen LogP contribution in [0.25, 0.3) is 10.9 Å². The molecule has 2 heterocycles. The number of nitrogens with one attached hydrogen (secondary N) is 1. The van der Waals surface area contributed by atoms with Crippen LogP contribution >= 0.6 is 0 Å². The molecule has 1 aliphatic heterocycles. The first-order chi connectivity index (χ1) is 7.42. The first kappa shape index (κ1) is 8.98. The maximum atomic E-state index is 3.46. The molecule has 2 heteroatoms. The summed E-state index contributed by atoms with van der Waals surface area (Å²) >= 11 is 0. The molecule has 0 fully saturated rings. The van der Waals surface area contributed by atoms with Gasteiger partial charge in [-0.2, -0.15) is 0 Å². The minimum Gasteiger partial charge on any atom is -0.344 e. The van der Waals surface area contributed by atoms with E-state index in [1.54, 1.807) is 0 Å². The predicted molar refractivity (Wildman–Crippen MR) is 63.0 cm³/mol. The van der Waals surface area contributed by atoms with Gasteiger partial charge < -0.3 is 9.88 Å². The molecule has 3 rings (SSSR count). The molecule has 1 aliphatic rings. The molecule has 15 heavy (non-hydrogen) atoms. The molecule has 2 aromatic rings. The van der Waals surface area contributed by atoms with E-state index in [4.69, 9.17) is 0 Å². The molecule has 1 aromatic heterocycles. The summed E-state index contributed by atoms with van der Waals surface area (Å²) in [5.41, 5.74) is 4.45. The molecule has 0 atom stereocenters. The maximum absolute atomic E-state index is 3.46. The molecule has 0 saturated carbocycles. The van der Waals surface area contributed by atoms with E-state index >= 15 is 0 Å². The number of benzene rings is 1. The van der Waals surface area contributed by atoms with Crippen molar-refractivity contribution >= 4 is 10.9 Å². The van der Waals surface area contributed by atoms with Crippen LogP contribution in [0.3, 0.4) is 0 Å². The van der Waals surface area contributed by atoms with Gasteiger partial charge in [0.2, 0.25) is 0 Å². The Morgan fingerprint density at radius 1 is 1.33 bits per heavy atom. The van der Waals surface area contributed by atoms with Crippen molar-refractivity contribution in [2.24, 2.45) is 0 Å².